The first-order chi connectivity index (χ1) is 8.81. The summed E-state index contributed by atoms with van der Waals surface area (Å²) in [5, 5.41) is 19.5. The van der Waals surface area contributed by atoms with Crippen molar-refractivity contribution in [3.05, 3.63) is 40.1 Å². The Morgan fingerprint density at radius 1 is 1.35 bits per heavy atom. The van der Waals surface area contributed by atoms with Crippen LogP contribution < -0.4 is 56.5 Å². The molecule has 0 spiro atoms. The number of aromatic amines is 1. The number of hydrogen-bond acceptors (Lipinski definition) is 3. The number of halogens is 3. The van der Waals surface area contributed by atoms with Crippen molar-refractivity contribution in [3.8, 4) is 0 Å². The second kappa shape index (κ2) is 8.10. The van der Waals surface area contributed by atoms with Crippen LogP contribution in [0.2, 0.25) is 0 Å². The molecule has 1 aromatic carbocycles. The number of H-pyrrole nitrogens is 1. The first-order valence-electron chi connectivity index (χ1n) is 5.22. The molecule has 0 amide bonds. The summed E-state index contributed by atoms with van der Waals surface area (Å²) >= 11 is 0. The molecule has 1 heterocycles. The standard InChI is InChI=1S/C9H5F3N2O2.C2H5O.K/c10-9(11,12)8-4-5-6(13-8)2-1-3-7(5)14(15)16;1-2-3;/h1-4,13H;2H2,1H3;/q;-1;+1. The number of hydrogen-bond donors (Lipinski definition) is 1. The summed E-state index contributed by atoms with van der Waals surface area (Å²) in [6.45, 7) is 1.57. The van der Waals surface area contributed by atoms with Crippen LogP contribution in [0.4, 0.5) is 18.9 Å². The molecule has 0 fully saturated rings. The number of rotatable bonds is 1. The number of alkyl halides is 3. The SMILES string of the molecule is CC[O-].O=[N+]([O-])c1cccc2[nH]c(C(F)(F)F)cc12.[K+]. The molecule has 2 rings (SSSR count). The minimum Gasteiger partial charge on any atom is -0.855 e. The number of nitrogens with zero attached hydrogens (tertiary/aromatic N) is 1. The number of nitro groups is 1. The van der Waals surface area contributed by atoms with Gasteiger partial charge in [0, 0.05) is 6.07 Å². The van der Waals surface area contributed by atoms with E-state index in [1.807, 2.05) is 0 Å². The van der Waals surface area contributed by atoms with Gasteiger partial charge in [0.15, 0.2) is 0 Å². The molecule has 0 aliphatic rings. The normalized spacial score (nSPS) is 10.4. The van der Waals surface area contributed by atoms with E-state index in [0.717, 1.165) is 12.1 Å². The van der Waals surface area contributed by atoms with Gasteiger partial charge in [-0.3, -0.25) is 10.1 Å². The summed E-state index contributed by atoms with van der Waals surface area (Å²) in [5.74, 6) is 0. The van der Waals surface area contributed by atoms with Crippen molar-refractivity contribution in [3.63, 3.8) is 0 Å². The van der Waals surface area contributed by atoms with E-state index < -0.39 is 16.8 Å². The molecule has 0 saturated heterocycles. The van der Waals surface area contributed by atoms with E-state index >= 15 is 0 Å². The Labute approximate surface area is 154 Å². The third-order valence-corrected chi connectivity index (χ3v) is 2.14. The summed E-state index contributed by atoms with van der Waals surface area (Å²) in [6, 6.07) is 4.60. The Bertz CT molecular complexity index is 584. The van der Waals surface area contributed by atoms with Crippen LogP contribution >= 0.6 is 0 Å². The molecule has 0 saturated carbocycles. The maximum absolute atomic E-state index is 12.4. The van der Waals surface area contributed by atoms with E-state index in [9.17, 15) is 23.3 Å². The topological polar surface area (TPSA) is 82.0 Å². The van der Waals surface area contributed by atoms with Gasteiger partial charge in [-0.05, 0) is 12.1 Å². The van der Waals surface area contributed by atoms with Crippen molar-refractivity contribution in [2.24, 2.45) is 0 Å². The fourth-order valence-corrected chi connectivity index (χ4v) is 1.45. The molecule has 1 aromatic heterocycles. The Morgan fingerprint density at radius 3 is 2.35 bits per heavy atom. The van der Waals surface area contributed by atoms with E-state index in [1.165, 1.54) is 12.1 Å². The Balaban J connectivity index is 0.000000830. The summed E-state index contributed by atoms with van der Waals surface area (Å²) in [5.41, 5.74) is -1.23. The molecule has 104 valence electrons. The fourth-order valence-electron chi connectivity index (χ4n) is 1.45. The van der Waals surface area contributed by atoms with Crippen molar-refractivity contribution in [2.75, 3.05) is 6.61 Å². The summed E-state index contributed by atoms with van der Waals surface area (Å²) in [4.78, 5) is 12.0. The third-order valence-electron chi connectivity index (χ3n) is 2.14. The van der Waals surface area contributed by atoms with Gasteiger partial charge in [-0.1, -0.05) is 13.0 Å². The van der Waals surface area contributed by atoms with E-state index in [-0.39, 0.29) is 74.6 Å². The molecule has 0 unspecified atom stereocenters. The summed E-state index contributed by atoms with van der Waals surface area (Å²) in [7, 11) is 0. The van der Waals surface area contributed by atoms with Gasteiger partial charge in [-0.2, -0.15) is 13.2 Å². The van der Waals surface area contributed by atoms with Gasteiger partial charge >= 0.3 is 57.6 Å². The van der Waals surface area contributed by atoms with Gasteiger partial charge in [0.2, 0.25) is 0 Å². The molecule has 0 aliphatic heterocycles. The van der Waals surface area contributed by atoms with Crippen LogP contribution in [-0.2, 0) is 6.18 Å². The average Bonchev–Trinajstić information content (AvgIpc) is 2.72. The quantitative estimate of drug-likeness (QED) is 0.436. The minimum absolute atomic E-state index is 0. The Hall–Kier alpha value is -0.454. The zero-order valence-corrected chi connectivity index (χ0v) is 13.9. The number of nitrogens with one attached hydrogen (secondary N) is 1. The van der Waals surface area contributed by atoms with Gasteiger partial charge in [0.1, 0.15) is 5.69 Å². The van der Waals surface area contributed by atoms with Gasteiger partial charge in [-0.15, -0.1) is 6.61 Å². The van der Waals surface area contributed by atoms with Crippen molar-refractivity contribution >= 4 is 16.6 Å². The van der Waals surface area contributed by atoms with Crippen LogP contribution in [0.1, 0.15) is 12.6 Å². The van der Waals surface area contributed by atoms with Crippen molar-refractivity contribution < 1.29 is 74.6 Å². The van der Waals surface area contributed by atoms with Gasteiger partial charge in [0.05, 0.1) is 15.8 Å². The fraction of sp³-hybridized carbons (Fsp3) is 0.273. The molecule has 0 aliphatic carbocycles. The van der Waals surface area contributed by atoms with Gasteiger partial charge in [-0.25, -0.2) is 0 Å². The van der Waals surface area contributed by atoms with E-state index in [2.05, 4.69) is 4.98 Å². The molecule has 20 heavy (non-hydrogen) atoms. The molecule has 0 bridgehead atoms. The van der Waals surface area contributed by atoms with E-state index in [4.69, 9.17) is 5.11 Å². The molecule has 1 N–H and O–H groups in total. The van der Waals surface area contributed by atoms with Crippen LogP contribution in [0.5, 0.6) is 0 Å². The van der Waals surface area contributed by atoms with Gasteiger partial charge < -0.3 is 10.1 Å². The van der Waals surface area contributed by atoms with E-state index in [1.54, 1.807) is 6.92 Å². The smallest absolute Gasteiger partial charge is 0.855 e. The predicted octanol–water partition coefficient (Wildman–Crippen LogP) is -0.534. The number of fused-ring (bicyclic) bond motifs is 1. The monoisotopic (exact) mass is 314 g/mol. The molecular weight excluding hydrogens is 304 g/mol. The number of aromatic nitrogens is 1. The molecule has 2 aromatic rings. The molecular formula is C11H10F3KN2O3. The Morgan fingerprint density at radius 2 is 1.90 bits per heavy atom. The first-order valence-corrected chi connectivity index (χ1v) is 5.22. The zero-order chi connectivity index (χ0) is 14.6. The number of nitro benzene ring substituents is 1. The molecule has 9 heteroatoms. The van der Waals surface area contributed by atoms with Crippen LogP contribution in [0.3, 0.4) is 0 Å². The average molecular weight is 314 g/mol. The first kappa shape index (κ1) is 19.5. The van der Waals surface area contributed by atoms with Crippen molar-refractivity contribution in [1.82, 2.24) is 4.98 Å². The maximum atomic E-state index is 12.4. The largest absolute Gasteiger partial charge is 1.00 e. The Kier molecular flexibility index (Phi) is 7.92. The maximum Gasteiger partial charge on any atom is 1.00 e. The van der Waals surface area contributed by atoms with Crippen molar-refractivity contribution in [1.29, 1.82) is 0 Å². The second-order valence-electron chi connectivity index (χ2n) is 3.46. The van der Waals surface area contributed by atoms with Crippen LogP contribution in [0, 0.1) is 10.1 Å². The molecule has 5 nitrogen and oxygen atoms in total. The van der Waals surface area contributed by atoms with E-state index in [0.29, 0.717) is 0 Å². The van der Waals surface area contributed by atoms with Gasteiger partial charge in [0.25, 0.3) is 5.69 Å². The number of benzene rings is 1. The zero-order valence-electron chi connectivity index (χ0n) is 10.8. The predicted molar refractivity (Wildman–Crippen MR) is 60.5 cm³/mol. The van der Waals surface area contributed by atoms with Crippen LogP contribution in [0.25, 0.3) is 10.9 Å². The van der Waals surface area contributed by atoms with Crippen LogP contribution in [-0.4, -0.2) is 16.5 Å². The molecule has 0 radical (unpaired) electrons. The van der Waals surface area contributed by atoms with Crippen LogP contribution in [0.15, 0.2) is 24.3 Å². The summed E-state index contributed by atoms with van der Waals surface area (Å²) in [6.07, 6.45) is -4.53. The van der Waals surface area contributed by atoms with Crippen molar-refractivity contribution in [2.45, 2.75) is 13.1 Å². The number of non-ortho nitro benzene ring substituents is 1. The third kappa shape index (κ3) is 4.83. The minimum atomic E-state index is -4.53. The molecule has 0 atom stereocenters. The summed E-state index contributed by atoms with van der Waals surface area (Å²) < 4.78 is 37.1. The second-order valence-corrected chi connectivity index (χ2v) is 3.46.